The van der Waals surface area contributed by atoms with E-state index in [2.05, 4.69) is 22.9 Å². The molecule has 0 saturated heterocycles. The molecule has 13 heavy (non-hydrogen) atoms. The zero-order chi connectivity index (χ0) is 9.68. The summed E-state index contributed by atoms with van der Waals surface area (Å²) in [4.78, 5) is 15.3. The van der Waals surface area contributed by atoms with Crippen LogP contribution < -0.4 is 5.32 Å². The Balaban J connectivity index is 2.45. The molecular formula is C7H10N2OS3. The van der Waals surface area contributed by atoms with Crippen LogP contribution in [0.1, 0.15) is 10.5 Å². The van der Waals surface area contributed by atoms with Gasteiger partial charge in [-0.15, -0.1) is 24.0 Å². The molecule has 0 unspecified atom stereocenters. The summed E-state index contributed by atoms with van der Waals surface area (Å²) in [6.45, 7) is 0.671. The first-order chi connectivity index (χ1) is 6.25. The van der Waals surface area contributed by atoms with Gasteiger partial charge >= 0.3 is 0 Å². The van der Waals surface area contributed by atoms with Gasteiger partial charge in [0.15, 0.2) is 5.69 Å². The van der Waals surface area contributed by atoms with Gasteiger partial charge in [0.25, 0.3) is 5.91 Å². The fourth-order valence-corrected chi connectivity index (χ4v) is 1.87. The summed E-state index contributed by atoms with van der Waals surface area (Å²) < 4.78 is 0.668. The van der Waals surface area contributed by atoms with Gasteiger partial charge in [0.2, 0.25) is 0 Å². The summed E-state index contributed by atoms with van der Waals surface area (Å²) in [5.41, 5.74) is 2.04. The summed E-state index contributed by atoms with van der Waals surface area (Å²) in [5.74, 6) is 0.776. The summed E-state index contributed by atoms with van der Waals surface area (Å²) in [6, 6.07) is 0. The maximum atomic E-state index is 11.4. The van der Waals surface area contributed by atoms with E-state index in [1.54, 1.807) is 17.3 Å². The maximum absolute atomic E-state index is 11.4. The SMILES string of the molecule is CSCCNC(=O)c1ncsc1S. The molecule has 0 aliphatic heterocycles. The summed E-state index contributed by atoms with van der Waals surface area (Å²) in [7, 11) is 0. The van der Waals surface area contributed by atoms with Crippen LogP contribution in [0.15, 0.2) is 9.72 Å². The minimum absolute atomic E-state index is 0.139. The first kappa shape index (κ1) is 10.9. The predicted molar refractivity (Wildman–Crippen MR) is 60.1 cm³/mol. The molecule has 0 aliphatic carbocycles. The number of thiol groups is 1. The molecule has 0 atom stereocenters. The van der Waals surface area contributed by atoms with Crippen LogP contribution in [0.25, 0.3) is 0 Å². The molecule has 0 saturated carbocycles. The highest BCUT2D eigenvalue weighted by molar-refractivity contribution is 7.98. The third kappa shape index (κ3) is 3.21. The molecule has 1 N–H and O–H groups in total. The number of hydrogen-bond acceptors (Lipinski definition) is 5. The van der Waals surface area contributed by atoms with Crippen LogP contribution in [-0.4, -0.2) is 29.4 Å². The lowest BCUT2D eigenvalue weighted by Crippen LogP contribution is -2.26. The quantitative estimate of drug-likeness (QED) is 0.613. The van der Waals surface area contributed by atoms with Crippen molar-refractivity contribution in [3.63, 3.8) is 0 Å². The molecule has 0 bridgehead atoms. The molecule has 6 heteroatoms. The normalized spacial score (nSPS) is 10.0. The number of carbonyl (C=O) groups is 1. The van der Waals surface area contributed by atoms with Crippen molar-refractivity contribution >= 4 is 41.6 Å². The Morgan fingerprint density at radius 3 is 3.15 bits per heavy atom. The fraction of sp³-hybridized carbons (Fsp3) is 0.429. The molecule has 3 nitrogen and oxygen atoms in total. The highest BCUT2D eigenvalue weighted by atomic mass is 32.2. The van der Waals surface area contributed by atoms with Gasteiger partial charge in [0.05, 0.1) is 9.72 Å². The maximum Gasteiger partial charge on any atom is 0.271 e. The van der Waals surface area contributed by atoms with Crippen LogP contribution in [0, 0.1) is 0 Å². The van der Waals surface area contributed by atoms with Gasteiger partial charge in [-0.25, -0.2) is 4.98 Å². The minimum atomic E-state index is -0.139. The van der Waals surface area contributed by atoms with E-state index >= 15 is 0 Å². The van der Waals surface area contributed by atoms with Crippen LogP contribution >= 0.6 is 35.7 Å². The first-order valence-corrected chi connectivity index (χ1v) is 6.37. The van der Waals surface area contributed by atoms with E-state index in [1.807, 2.05) is 6.26 Å². The Morgan fingerprint density at radius 1 is 1.85 bits per heavy atom. The number of nitrogens with one attached hydrogen (secondary N) is 1. The molecule has 0 radical (unpaired) electrons. The van der Waals surface area contributed by atoms with Crippen molar-refractivity contribution in [2.24, 2.45) is 0 Å². The van der Waals surface area contributed by atoms with Gasteiger partial charge in [-0.05, 0) is 6.26 Å². The lowest BCUT2D eigenvalue weighted by atomic mass is 10.4. The van der Waals surface area contributed by atoms with E-state index in [-0.39, 0.29) is 5.91 Å². The third-order valence-electron chi connectivity index (χ3n) is 1.36. The highest BCUT2D eigenvalue weighted by Crippen LogP contribution is 2.16. The van der Waals surface area contributed by atoms with Crippen molar-refractivity contribution in [1.82, 2.24) is 10.3 Å². The molecule has 1 heterocycles. The Kier molecular flexibility index (Phi) is 4.61. The molecule has 1 amide bonds. The molecule has 0 fully saturated rings. The van der Waals surface area contributed by atoms with Crippen LogP contribution in [0.3, 0.4) is 0 Å². The summed E-state index contributed by atoms with van der Waals surface area (Å²) in [5, 5.41) is 2.76. The molecule has 72 valence electrons. The molecule has 0 spiro atoms. The van der Waals surface area contributed by atoms with Crippen molar-refractivity contribution in [3.05, 3.63) is 11.2 Å². The minimum Gasteiger partial charge on any atom is -0.350 e. The second-order valence-electron chi connectivity index (χ2n) is 2.25. The van der Waals surface area contributed by atoms with Crippen molar-refractivity contribution in [1.29, 1.82) is 0 Å². The number of hydrogen-bond donors (Lipinski definition) is 2. The summed E-state index contributed by atoms with van der Waals surface area (Å²) >= 11 is 7.18. The molecule has 1 rings (SSSR count). The number of rotatable bonds is 4. The number of amides is 1. The Labute approximate surface area is 90.7 Å². The standard InChI is InChI=1S/C7H10N2OS3/c1-12-3-2-8-6(10)5-7(11)13-4-9-5/h4,11H,2-3H2,1H3,(H,8,10). The van der Waals surface area contributed by atoms with Crippen molar-refractivity contribution < 1.29 is 4.79 Å². The zero-order valence-electron chi connectivity index (χ0n) is 7.11. The third-order valence-corrected chi connectivity index (χ3v) is 3.12. The van der Waals surface area contributed by atoms with E-state index in [0.29, 0.717) is 16.4 Å². The molecular weight excluding hydrogens is 224 g/mol. The smallest absolute Gasteiger partial charge is 0.271 e. The predicted octanol–water partition coefficient (Wildman–Crippen LogP) is 1.52. The Hall–Kier alpha value is -0.200. The topological polar surface area (TPSA) is 42.0 Å². The van der Waals surface area contributed by atoms with Gasteiger partial charge in [-0.2, -0.15) is 11.8 Å². The number of nitrogens with zero attached hydrogens (tertiary/aromatic N) is 1. The monoisotopic (exact) mass is 234 g/mol. The lowest BCUT2D eigenvalue weighted by molar-refractivity contribution is 0.0949. The molecule has 1 aromatic heterocycles. The fourth-order valence-electron chi connectivity index (χ4n) is 0.746. The van der Waals surface area contributed by atoms with E-state index < -0.39 is 0 Å². The van der Waals surface area contributed by atoms with Crippen molar-refractivity contribution in [3.8, 4) is 0 Å². The first-order valence-electron chi connectivity index (χ1n) is 3.65. The van der Waals surface area contributed by atoms with E-state index in [9.17, 15) is 4.79 Å². The second-order valence-corrected chi connectivity index (χ2v) is 4.84. The number of carbonyl (C=O) groups excluding carboxylic acids is 1. The van der Waals surface area contributed by atoms with Gasteiger partial charge < -0.3 is 5.32 Å². The number of thioether (sulfide) groups is 1. The molecule has 0 aromatic carbocycles. The number of thiazole rings is 1. The van der Waals surface area contributed by atoms with Crippen molar-refractivity contribution in [2.75, 3.05) is 18.6 Å². The molecule has 0 aliphatic rings. The Bertz CT molecular complexity index is 287. The number of aromatic nitrogens is 1. The van der Waals surface area contributed by atoms with Crippen LogP contribution in [0.4, 0.5) is 0 Å². The average molecular weight is 234 g/mol. The zero-order valence-corrected chi connectivity index (χ0v) is 9.64. The van der Waals surface area contributed by atoms with Crippen LogP contribution in [0.2, 0.25) is 0 Å². The molecule has 1 aromatic rings. The van der Waals surface area contributed by atoms with E-state index in [1.165, 1.54) is 11.3 Å². The van der Waals surface area contributed by atoms with Crippen molar-refractivity contribution in [2.45, 2.75) is 4.21 Å². The lowest BCUT2D eigenvalue weighted by Gasteiger charge is -2.01. The van der Waals surface area contributed by atoms with Gasteiger partial charge in [0.1, 0.15) is 0 Å². The van der Waals surface area contributed by atoms with E-state index in [0.717, 1.165) is 5.75 Å². The Morgan fingerprint density at radius 2 is 2.62 bits per heavy atom. The largest absolute Gasteiger partial charge is 0.350 e. The van der Waals surface area contributed by atoms with Gasteiger partial charge in [-0.1, -0.05) is 0 Å². The van der Waals surface area contributed by atoms with Crippen LogP contribution in [0.5, 0.6) is 0 Å². The average Bonchev–Trinajstić information content (AvgIpc) is 2.52. The highest BCUT2D eigenvalue weighted by Gasteiger charge is 2.10. The van der Waals surface area contributed by atoms with Crippen LogP contribution in [-0.2, 0) is 0 Å². The van der Waals surface area contributed by atoms with Gasteiger partial charge in [-0.3, -0.25) is 4.79 Å². The van der Waals surface area contributed by atoms with E-state index in [4.69, 9.17) is 0 Å². The summed E-state index contributed by atoms with van der Waals surface area (Å²) in [6.07, 6.45) is 2.00. The van der Waals surface area contributed by atoms with Gasteiger partial charge in [0, 0.05) is 12.3 Å². The second kappa shape index (κ2) is 5.51.